The average molecular weight is 322 g/mol. The van der Waals surface area contributed by atoms with Gasteiger partial charge in [-0.15, -0.1) is 0 Å². The Morgan fingerprint density at radius 1 is 1.06 bits per heavy atom. The van der Waals surface area contributed by atoms with Crippen LogP contribution in [0.15, 0.2) is 45.5 Å². The smallest absolute Gasteiger partial charge is 0.178 e. The van der Waals surface area contributed by atoms with Gasteiger partial charge in [0.1, 0.15) is 11.3 Å². The number of hydrogen-bond acceptors (Lipinski definition) is 2. The Balaban J connectivity index is 2.23. The molecule has 0 saturated heterocycles. The van der Waals surface area contributed by atoms with Gasteiger partial charge in [0.05, 0.1) is 16.0 Å². The molecule has 0 atom stereocenters. The van der Waals surface area contributed by atoms with E-state index in [0.717, 1.165) is 27.8 Å². The van der Waals surface area contributed by atoms with Crippen LogP contribution in [0.1, 0.15) is 0 Å². The fourth-order valence-electron chi connectivity index (χ4n) is 2.33. The number of rotatable bonds is 0. The lowest BCUT2D eigenvalue weighted by Crippen LogP contribution is -1.95. The second-order valence-electron chi connectivity index (χ2n) is 4.10. The van der Waals surface area contributed by atoms with Crippen LogP contribution in [0.5, 0.6) is 11.5 Å². The Bertz CT molecular complexity index is 792. The maximum atomic E-state index is 6.19. The van der Waals surface area contributed by atoms with Gasteiger partial charge in [0.25, 0.3) is 0 Å². The minimum absolute atomic E-state index is 0.600. The largest absolute Gasteiger partial charge is 0.454 e. The van der Waals surface area contributed by atoms with Crippen molar-refractivity contribution in [3.8, 4) is 22.6 Å². The topological polar surface area (TPSA) is 22.4 Å². The van der Waals surface area contributed by atoms with E-state index in [1.165, 1.54) is 0 Å². The molecule has 0 amide bonds. The van der Waals surface area contributed by atoms with E-state index in [1.807, 2.05) is 36.4 Å². The molecule has 2 aromatic carbocycles. The van der Waals surface area contributed by atoms with Gasteiger partial charge in [-0.2, -0.15) is 0 Å². The third-order valence-electron chi connectivity index (χ3n) is 3.08. The van der Waals surface area contributed by atoms with Crippen LogP contribution < -0.4 is 4.74 Å². The van der Waals surface area contributed by atoms with Crippen molar-refractivity contribution in [2.24, 2.45) is 0 Å². The van der Waals surface area contributed by atoms with E-state index in [9.17, 15) is 0 Å². The molecule has 0 spiro atoms. The monoisotopic (exact) mass is 320 g/mol. The van der Waals surface area contributed by atoms with Crippen molar-refractivity contribution in [3.63, 3.8) is 0 Å². The molecule has 0 fully saturated rings. The quantitative estimate of drug-likeness (QED) is 0.419. The molecular formula is C14H6BrClO2. The predicted octanol–water partition coefficient (Wildman–Crippen LogP) is 5.62. The molecule has 1 aliphatic rings. The lowest BCUT2D eigenvalue weighted by Gasteiger charge is -2.18. The van der Waals surface area contributed by atoms with Crippen LogP contribution in [0.25, 0.3) is 22.1 Å². The highest BCUT2D eigenvalue weighted by Gasteiger charge is 2.26. The molecule has 0 N–H and O–H groups in total. The summed E-state index contributed by atoms with van der Waals surface area (Å²) in [6.45, 7) is 0. The van der Waals surface area contributed by atoms with Gasteiger partial charge in [-0.3, -0.25) is 0 Å². The highest BCUT2D eigenvalue weighted by Crippen LogP contribution is 2.52. The average Bonchev–Trinajstić information content (AvgIpc) is 2.70. The molecule has 2 heterocycles. The molecule has 0 aliphatic carbocycles. The molecule has 88 valence electrons. The highest BCUT2D eigenvalue weighted by molar-refractivity contribution is 9.10. The van der Waals surface area contributed by atoms with Gasteiger partial charge in [-0.05, 0) is 34.1 Å². The van der Waals surface area contributed by atoms with Gasteiger partial charge < -0.3 is 9.15 Å². The van der Waals surface area contributed by atoms with Gasteiger partial charge in [-0.1, -0.05) is 29.8 Å². The van der Waals surface area contributed by atoms with Crippen LogP contribution in [-0.4, -0.2) is 0 Å². The summed E-state index contributed by atoms with van der Waals surface area (Å²) in [5, 5.41) is 1.59. The minimum atomic E-state index is 0.600. The standard InChI is InChI=1S/C14H6BrClO2/c15-14-11-7-3-1-4-8(16)13(7)17-9-5-2-6-10(18-14)12(9)11/h1-6H. The Kier molecular flexibility index (Phi) is 2.05. The van der Waals surface area contributed by atoms with E-state index in [2.05, 4.69) is 15.9 Å². The van der Waals surface area contributed by atoms with Crippen molar-refractivity contribution < 1.29 is 9.15 Å². The number of hydrogen-bond donors (Lipinski definition) is 0. The maximum Gasteiger partial charge on any atom is 0.178 e. The van der Waals surface area contributed by atoms with E-state index >= 15 is 0 Å². The Hall–Kier alpha value is -1.45. The first kappa shape index (κ1) is 10.5. The summed E-state index contributed by atoms with van der Waals surface area (Å²) in [7, 11) is 0. The predicted molar refractivity (Wildman–Crippen MR) is 74.4 cm³/mol. The van der Waals surface area contributed by atoms with Gasteiger partial charge in [-0.25, -0.2) is 0 Å². The first-order valence-corrected chi connectivity index (χ1v) is 6.60. The van der Waals surface area contributed by atoms with Crippen molar-refractivity contribution >= 4 is 38.5 Å². The molecule has 18 heavy (non-hydrogen) atoms. The molecular weight excluding hydrogens is 316 g/mol. The van der Waals surface area contributed by atoms with Crippen LogP contribution in [0, 0.1) is 0 Å². The Morgan fingerprint density at radius 2 is 1.89 bits per heavy atom. The summed E-state index contributed by atoms with van der Waals surface area (Å²) in [6, 6.07) is 11.4. The van der Waals surface area contributed by atoms with Gasteiger partial charge >= 0.3 is 0 Å². The Morgan fingerprint density at radius 3 is 2.78 bits per heavy atom. The van der Waals surface area contributed by atoms with Gasteiger partial charge in [0, 0.05) is 5.56 Å². The van der Waals surface area contributed by atoms with Crippen molar-refractivity contribution in [1.29, 1.82) is 0 Å². The number of furan rings is 1. The lowest BCUT2D eigenvalue weighted by molar-refractivity contribution is 0.487. The van der Waals surface area contributed by atoms with E-state index in [1.54, 1.807) is 0 Å². The van der Waals surface area contributed by atoms with Crippen LogP contribution in [0.4, 0.5) is 0 Å². The molecule has 1 aromatic heterocycles. The fraction of sp³-hybridized carbons (Fsp3) is 0. The van der Waals surface area contributed by atoms with E-state index in [0.29, 0.717) is 15.4 Å². The zero-order valence-corrected chi connectivity index (χ0v) is 11.4. The summed E-state index contributed by atoms with van der Waals surface area (Å²) < 4.78 is 12.3. The summed E-state index contributed by atoms with van der Waals surface area (Å²) in [5.41, 5.74) is 2.76. The van der Waals surface area contributed by atoms with Crippen LogP contribution in [0.2, 0.25) is 5.02 Å². The first-order valence-electron chi connectivity index (χ1n) is 5.43. The van der Waals surface area contributed by atoms with Crippen molar-refractivity contribution in [2.75, 3.05) is 0 Å². The second kappa shape index (κ2) is 3.53. The number of benzene rings is 2. The lowest BCUT2D eigenvalue weighted by atomic mass is 10.0. The van der Waals surface area contributed by atoms with Crippen LogP contribution >= 0.6 is 27.5 Å². The third kappa shape index (κ3) is 1.23. The fourth-order valence-corrected chi connectivity index (χ4v) is 3.13. The zero-order chi connectivity index (χ0) is 12.3. The highest BCUT2D eigenvalue weighted by atomic mass is 79.9. The molecule has 2 nitrogen and oxygen atoms in total. The minimum Gasteiger partial charge on any atom is -0.454 e. The summed E-state index contributed by atoms with van der Waals surface area (Å²) in [4.78, 5) is 0. The van der Waals surface area contributed by atoms with Crippen molar-refractivity contribution in [2.45, 2.75) is 0 Å². The number of fused-ring (bicyclic) bond motifs is 2. The Labute approximate surface area is 116 Å². The number of para-hydroxylation sites is 1. The second-order valence-corrected chi connectivity index (χ2v) is 5.23. The zero-order valence-electron chi connectivity index (χ0n) is 9.04. The molecule has 4 heteroatoms. The molecule has 0 bridgehead atoms. The molecule has 3 aromatic rings. The molecule has 0 saturated carbocycles. The van der Waals surface area contributed by atoms with E-state index < -0.39 is 0 Å². The summed E-state index contributed by atoms with van der Waals surface area (Å²) in [5.74, 6) is 1.46. The number of halogens is 2. The van der Waals surface area contributed by atoms with Crippen molar-refractivity contribution in [1.82, 2.24) is 0 Å². The van der Waals surface area contributed by atoms with E-state index in [4.69, 9.17) is 20.8 Å². The van der Waals surface area contributed by atoms with Crippen LogP contribution in [0.3, 0.4) is 0 Å². The molecule has 4 rings (SSSR count). The first-order chi connectivity index (χ1) is 8.75. The number of ether oxygens (including phenoxy) is 1. The SMILES string of the molecule is Clc1cccc2c1Oc1cccc3oc(Br)c-2c13. The van der Waals surface area contributed by atoms with Gasteiger partial charge in [0.15, 0.2) is 10.4 Å². The molecule has 1 aliphatic heterocycles. The molecule has 0 radical (unpaired) electrons. The van der Waals surface area contributed by atoms with Crippen molar-refractivity contribution in [3.05, 3.63) is 46.1 Å². The normalized spacial score (nSPS) is 12.3. The maximum absolute atomic E-state index is 6.19. The molecule has 0 unspecified atom stereocenters. The van der Waals surface area contributed by atoms with Gasteiger partial charge in [0.2, 0.25) is 0 Å². The summed E-state index contributed by atoms with van der Waals surface area (Å²) >= 11 is 9.66. The summed E-state index contributed by atoms with van der Waals surface area (Å²) in [6.07, 6.45) is 0. The van der Waals surface area contributed by atoms with Crippen LogP contribution in [-0.2, 0) is 0 Å². The van der Waals surface area contributed by atoms with E-state index in [-0.39, 0.29) is 0 Å². The third-order valence-corrected chi connectivity index (χ3v) is 3.94.